The van der Waals surface area contributed by atoms with Gasteiger partial charge >= 0.3 is 5.97 Å². The van der Waals surface area contributed by atoms with Gasteiger partial charge in [0, 0.05) is 18.2 Å². The molecule has 1 saturated carbocycles. The number of aromatic carboxylic acids is 1. The van der Waals surface area contributed by atoms with Crippen molar-refractivity contribution in [1.29, 1.82) is 0 Å². The molecule has 0 amide bonds. The van der Waals surface area contributed by atoms with Crippen LogP contribution in [0.3, 0.4) is 0 Å². The Morgan fingerprint density at radius 3 is 2.27 bits per heavy atom. The first-order valence-electron chi connectivity index (χ1n) is 11.0. The predicted molar refractivity (Wildman–Crippen MR) is 125 cm³/mol. The Labute approximate surface area is 193 Å². The summed E-state index contributed by atoms with van der Waals surface area (Å²) < 4.78 is 54.0. The minimum Gasteiger partial charge on any atom is -0.478 e. The van der Waals surface area contributed by atoms with Crippen molar-refractivity contribution in [2.24, 2.45) is 5.92 Å². The van der Waals surface area contributed by atoms with Crippen molar-refractivity contribution in [2.45, 2.75) is 42.0 Å². The van der Waals surface area contributed by atoms with Crippen LogP contribution >= 0.6 is 0 Å². The van der Waals surface area contributed by atoms with Crippen molar-refractivity contribution in [2.75, 3.05) is 28.2 Å². The fraction of sp³-hybridized carbons (Fsp3) is 0.435. The molecule has 1 spiro atoms. The van der Waals surface area contributed by atoms with Gasteiger partial charge in [0.25, 0.3) is 10.0 Å². The van der Waals surface area contributed by atoms with Gasteiger partial charge in [0.2, 0.25) is 0 Å². The first-order chi connectivity index (χ1) is 15.6. The Morgan fingerprint density at radius 1 is 1.09 bits per heavy atom. The van der Waals surface area contributed by atoms with Crippen LogP contribution in [0, 0.1) is 5.92 Å². The van der Waals surface area contributed by atoms with Gasteiger partial charge in [-0.15, -0.1) is 0 Å². The molecule has 2 aromatic rings. The van der Waals surface area contributed by atoms with E-state index in [0.29, 0.717) is 11.3 Å². The van der Waals surface area contributed by atoms with Crippen LogP contribution in [0.1, 0.15) is 41.6 Å². The Hall–Kier alpha value is -2.59. The van der Waals surface area contributed by atoms with Gasteiger partial charge in [-0.3, -0.25) is 4.31 Å². The zero-order chi connectivity index (χ0) is 23.6. The van der Waals surface area contributed by atoms with Crippen molar-refractivity contribution in [3.8, 4) is 0 Å². The summed E-state index contributed by atoms with van der Waals surface area (Å²) in [4.78, 5) is 11.9. The second-order valence-electron chi connectivity index (χ2n) is 9.20. The second kappa shape index (κ2) is 7.46. The van der Waals surface area contributed by atoms with Crippen LogP contribution in [0.15, 0.2) is 47.4 Å². The Morgan fingerprint density at radius 2 is 1.73 bits per heavy atom. The SMILES string of the molecule is CNc1ccc(S(=O)(=O)N2c3ccc(C(=O)O)cc3C3(CCS(=O)(=O)CC3)C2C2CC2)cc1. The fourth-order valence-corrected chi connectivity index (χ4v) is 8.85. The third-order valence-corrected chi connectivity index (χ3v) is 10.8. The summed E-state index contributed by atoms with van der Waals surface area (Å²) in [5.41, 5.74) is 1.26. The summed E-state index contributed by atoms with van der Waals surface area (Å²) >= 11 is 0. The molecule has 1 unspecified atom stereocenters. The van der Waals surface area contributed by atoms with E-state index in [2.05, 4.69) is 5.32 Å². The number of anilines is 2. The largest absolute Gasteiger partial charge is 0.478 e. The van der Waals surface area contributed by atoms with Crippen molar-refractivity contribution < 1.29 is 26.7 Å². The highest BCUT2D eigenvalue weighted by Gasteiger charge is 2.60. The van der Waals surface area contributed by atoms with Crippen molar-refractivity contribution in [3.63, 3.8) is 0 Å². The smallest absolute Gasteiger partial charge is 0.335 e. The molecule has 1 aliphatic carbocycles. The lowest BCUT2D eigenvalue weighted by molar-refractivity contribution is 0.0696. The van der Waals surface area contributed by atoms with Crippen LogP contribution in [0.2, 0.25) is 0 Å². The minimum atomic E-state index is -3.96. The number of hydrogen-bond donors (Lipinski definition) is 2. The third kappa shape index (κ3) is 3.50. The molecule has 1 saturated heterocycles. The Kier molecular flexibility index (Phi) is 5.02. The summed E-state index contributed by atoms with van der Waals surface area (Å²) in [6.07, 6.45) is 2.31. The van der Waals surface area contributed by atoms with Crippen LogP contribution in [-0.2, 0) is 25.3 Å². The highest BCUT2D eigenvalue weighted by molar-refractivity contribution is 7.93. The number of nitrogens with one attached hydrogen (secondary N) is 1. The average molecular weight is 491 g/mol. The monoisotopic (exact) mass is 490 g/mol. The average Bonchev–Trinajstić information content (AvgIpc) is 3.59. The van der Waals surface area contributed by atoms with Crippen LogP contribution in [-0.4, -0.2) is 52.5 Å². The lowest BCUT2D eigenvalue weighted by Crippen LogP contribution is -2.52. The number of carboxylic acid groups (broad SMARTS) is 1. The number of sulfone groups is 1. The molecule has 0 aromatic heterocycles. The Bertz CT molecular complexity index is 1320. The lowest BCUT2D eigenvalue weighted by atomic mass is 9.70. The van der Waals surface area contributed by atoms with Crippen LogP contribution < -0.4 is 9.62 Å². The first kappa shape index (κ1) is 22.2. The van der Waals surface area contributed by atoms with Crippen molar-refractivity contribution in [1.82, 2.24) is 0 Å². The zero-order valence-corrected chi connectivity index (χ0v) is 19.8. The van der Waals surface area contributed by atoms with Gasteiger partial charge in [-0.2, -0.15) is 0 Å². The highest BCUT2D eigenvalue weighted by Crippen LogP contribution is 2.59. The van der Waals surface area contributed by atoms with E-state index in [1.165, 1.54) is 10.4 Å². The van der Waals surface area contributed by atoms with E-state index in [1.54, 1.807) is 43.4 Å². The standard InChI is InChI=1S/C23H26N2O6S2/c1-24-17-5-7-18(8-6-17)33(30,31)25-20-9-4-16(22(26)27)14-19(20)23(21(25)15-2-3-15)10-12-32(28,29)13-11-23/h4-9,14-15,21,24H,2-3,10-13H2,1H3,(H,26,27). The van der Waals surface area contributed by atoms with E-state index in [1.807, 2.05) is 0 Å². The molecule has 2 N–H and O–H groups in total. The van der Waals surface area contributed by atoms with Gasteiger partial charge < -0.3 is 10.4 Å². The van der Waals surface area contributed by atoms with Gasteiger partial charge in [0.1, 0.15) is 9.84 Å². The molecule has 1 atom stereocenters. The molecular weight excluding hydrogens is 464 g/mol. The highest BCUT2D eigenvalue weighted by atomic mass is 32.2. The summed E-state index contributed by atoms with van der Waals surface area (Å²) in [5, 5.41) is 12.6. The molecule has 0 bridgehead atoms. The molecule has 2 aromatic carbocycles. The van der Waals surface area contributed by atoms with Crippen LogP contribution in [0.4, 0.5) is 11.4 Å². The van der Waals surface area contributed by atoms with E-state index >= 15 is 0 Å². The molecule has 2 fully saturated rings. The summed E-state index contributed by atoms with van der Waals surface area (Å²) in [7, 11) is -5.41. The zero-order valence-electron chi connectivity index (χ0n) is 18.2. The minimum absolute atomic E-state index is 0.0300. The maximum Gasteiger partial charge on any atom is 0.335 e. The van der Waals surface area contributed by atoms with Gasteiger partial charge in [-0.05, 0) is 79.6 Å². The topological polar surface area (TPSA) is 121 Å². The van der Waals surface area contributed by atoms with Gasteiger partial charge in [0.05, 0.1) is 33.7 Å². The molecule has 0 radical (unpaired) electrons. The number of sulfonamides is 1. The fourth-order valence-electron chi connectivity index (χ4n) is 5.50. The van der Waals surface area contributed by atoms with Crippen molar-refractivity contribution in [3.05, 3.63) is 53.6 Å². The van der Waals surface area contributed by atoms with Gasteiger partial charge in [0.15, 0.2) is 0 Å². The Balaban J connectivity index is 1.71. The molecule has 2 aliphatic heterocycles. The normalized spacial score (nSPS) is 23.3. The summed E-state index contributed by atoms with van der Waals surface area (Å²) in [6, 6.07) is 10.7. The summed E-state index contributed by atoms with van der Waals surface area (Å²) in [5.74, 6) is -1.05. The summed E-state index contributed by atoms with van der Waals surface area (Å²) in [6.45, 7) is 0. The molecule has 8 nitrogen and oxygen atoms in total. The second-order valence-corrected chi connectivity index (χ2v) is 13.3. The maximum absolute atomic E-state index is 14.0. The number of fused-ring (bicyclic) bond motifs is 2. The molecule has 3 aliphatic rings. The quantitative estimate of drug-likeness (QED) is 0.661. The molecule has 5 rings (SSSR count). The van der Waals surface area contributed by atoms with Gasteiger partial charge in [-0.25, -0.2) is 21.6 Å². The van der Waals surface area contributed by atoms with Gasteiger partial charge in [-0.1, -0.05) is 0 Å². The van der Waals surface area contributed by atoms with Crippen molar-refractivity contribution >= 4 is 37.2 Å². The van der Waals surface area contributed by atoms with E-state index in [4.69, 9.17) is 0 Å². The van der Waals surface area contributed by atoms with Crippen LogP contribution in [0.5, 0.6) is 0 Å². The molecular formula is C23H26N2O6S2. The molecule has 33 heavy (non-hydrogen) atoms. The predicted octanol–water partition coefficient (Wildman–Crippen LogP) is 2.86. The number of nitrogens with zero attached hydrogens (tertiary/aromatic N) is 1. The first-order valence-corrected chi connectivity index (χ1v) is 14.3. The number of carboxylic acids is 1. The molecule has 2 heterocycles. The van der Waals surface area contributed by atoms with E-state index < -0.39 is 37.3 Å². The van der Waals surface area contributed by atoms with E-state index in [-0.39, 0.29) is 40.7 Å². The molecule has 176 valence electrons. The number of rotatable bonds is 5. The maximum atomic E-state index is 14.0. The third-order valence-electron chi connectivity index (χ3n) is 7.32. The van der Waals surface area contributed by atoms with E-state index in [9.17, 15) is 26.7 Å². The van der Waals surface area contributed by atoms with E-state index in [0.717, 1.165) is 18.5 Å². The number of benzene rings is 2. The lowest BCUT2D eigenvalue weighted by Gasteiger charge is -2.41. The number of carbonyl (C=O) groups is 1. The molecule has 10 heteroatoms. The van der Waals surface area contributed by atoms with Crippen LogP contribution in [0.25, 0.3) is 0 Å². The number of hydrogen-bond acceptors (Lipinski definition) is 6.